The first-order chi connectivity index (χ1) is 14.1. The minimum atomic E-state index is -0.758. The Balaban J connectivity index is 1.79. The third kappa shape index (κ3) is 4.94. The highest BCUT2D eigenvalue weighted by atomic mass is 16.5. The Morgan fingerprint density at radius 3 is 2.03 bits per heavy atom. The zero-order valence-electron chi connectivity index (χ0n) is 16.3. The number of hydrogen-bond acceptors (Lipinski definition) is 4. The van der Waals surface area contributed by atoms with Crippen LogP contribution in [0.25, 0.3) is 0 Å². The summed E-state index contributed by atoms with van der Waals surface area (Å²) in [5.41, 5.74) is 2.42. The molecule has 0 aliphatic heterocycles. The number of benzene rings is 3. The second-order valence-corrected chi connectivity index (χ2v) is 6.50. The SMILES string of the molecule is COc1cc(C#N)ccc1O[C@@H](C)C(=O)NC(c1ccccc1)c1ccccc1. The molecule has 29 heavy (non-hydrogen) atoms. The molecule has 0 bridgehead atoms. The molecule has 3 rings (SSSR count). The van der Waals surface area contributed by atoms with Crippen molar-refractivity contribution < 1.29 is 14.3 Å². The molecule has 0 unspecified atom stereocenters. The van der Waals surface area contributed by atoms with Crippen molar-refractivity contribution in [1.29, 1.82) is 5.26 Å². The van der Waals surface area contributed by atoms with Gasteiger partial charge in [-0.25, -0.2) is 0 Å². The normalized spacial score (nSPS) is 11.4. The number of ether oxygens (including phenoxy) is 2. The summed E-state index contributed by atoms with van der Waals surface area (Å²) in [6, 6.07) is 26.2. The number of carbonyl (C=O) groups excluding carboxylic acids is 1. The Morgan fingerprint density at radius 2 is 1.52 bits per heavy atom. The zero-order chi connectivity index (χ0) is 20.6. The summed E-state index contributed by atoms with van der Waals surface area (Å²) in [7, 11) is 1.49. The Labute approximate surface area is 170 Å². The zero-order valence-corrected chi connectivity index (χ0v) is 16.3. The summed E-state index contributed by atoms with van der Waals surface area (Å²) in [6.07, 6.45) is -0.758. The molecule has 0 saturated carbocycles. The van der Waals surface area contributed by atoms with E-state index in [0.29, 0.717) is 17.1 Å². The fourth-order valence-electron chi connectivity index (χ4n) is 2.99. The Morgan fingerprint density at radius 1 is 0.931 bits per heavy atom. The fraction of sp³-hybridized carbons (Fsp3) is 0.167. The minimum absolute atomic E-state index is 0.255. The lowest BCUT2D eigenvalue weighted by Crippen LogP contribution is -2.39. The molecule has 0 heterocycles. The number of nitrogens with one attached hydrogen (secondary N) is 1. The lowest BCUT2D eigenvalue weighted by molar-refractivity contribution is -0.127. The summed E-state index contributed by atoms with van der Waals surface area (Å²) in [5.74, 6) is 0.561. The maximum atomic E-state index is 12.9. The average Bonchev–Trinajstić information content (AvgIpc) is 2.78. The number of rotatable bonds is 7. The Bertz CT molecular complexity index is 958. The van der Waals surface area contributed by atoms with E-state index in [0.717, 1.165) is 11.1 Å². The van der Waals surface area contributed by atoms with Crippen LogP contribution in [-0.4, -0.2) is 19.1 Å². The highest BCUT2D eigenvalue weighted by molar-refractivity contribution is 5.81. The van der Waals surface area contributed by atoms with Crippen LogP contribution in [0, 0.1) is 11.3 Å². The molecule has 1 amide bonds. The molecule has 1 N–H and O–H groups in total. The summed E-state index contributed by atoms with van der Waals surface area (Å²) < 4.78 is 11.1. The molecule has 0 aliphatic rings. The molecule has 5 heteroatoms. The topological polar surface area (TPSA) is 71.3 Å². The maximum Gasteiger partial charge on any atom is 0.261 e. The number of nitrogens with zero attached hydrogens (tertiary/aromatic N) is 1. The first-order valence-corrected chi connectivity index (χ1v) is 9.27. The predicted molar refractivity (Wildman–Crippen MR) is 111 cm³/mol. The molecule has 1 atom stereocenters. The van der Waals surface area contributed by atoms with Gasteiger partial charge >= 0.3 is 0 Å². The maximum absolute atomic E-state index is 12.9. The molecule has 0 saturated heterocycles. The third-order valence-corrected chi connectivity index (χ3v) is 4.52. The van der Waals surface area contributed by atoms with Crippen LogP contribution in [-0.2, 0) is 4.79 Å². The number of amides is 1. The van der Waals surface area contributed by atoms with Gasteiger partial charge < -0.3 is 14.8 Å². The van der Waals surface area contributed by atoms with E-state index in [-0.39, 0.29) is 11.9 Å². The van der Waals surface area contributed by atoms with Gasteiger partial charge in [-0.3, -0.25) is 4.79 Å². The molecular formula is C24H22N2O3. The molecule has 0 spiro atoms. The van der Waals surface area contributed by atoms with Crippen molar-refractivity contribution in [1.82, 2.24) is 5.32 Å². The van der Waals surface area contributed by atoms with Crippen molar-refractivity contribution in [3.05, 3.63) is 95.6 Å². The van der Waals surface area contributed by atoms with Gasteiger partial charge in [-0.15, -0.1) is 0 Å². The first kappa shape index (κ1) is 20.0. The second kappa shape index (κ2) is 9.43. The Hall–Kier alpha value is -3.78. The Kier molecular flexibility index (Phi) is 6.49. The molecule has 146 valence electrons. The minimum Gasteiger partial charge on any atom is -0.493 e. The number of carbonyl (C=O) groups is 1. The van der Waals surface area contributed by atoms with Crippen molar-refractivity contribution >= 4 is 5.91 Å². The van der Waals surface area contributed by atoms with Crippen molar-refractivity contribution in [3.63, 3.8) is 0 Å². The summed E-state index contributed by atoms with van der Waals surface area (Å²) >= 11 is 0. The van der Waals surface area contributed by atoms with E-state index in [2.05, 4.69) is 11.4 Å². The number of nitriles is 1. The summed E-state index contributed by atoms with van der Waals surface area (Å²) in [4.78, 5) is 12.9. The van der Waals surface area contributed by atoms with Gasteiger partial charge in [0, 0.05) is 6.07 Å². The highest BCUT2D eigenvalue weighted by Gasteiger charge is 2.22. The van der Waals surface area contributed by atoms with Gasteiger partial charge in [0.05, 0.1) is 24.8 Å². The van der Waals surface area contributed by atoms with Crippen LogP contribution in [0.4, 0.5) is 0 Å². The van der Waals surface area contributed by atoms with Gasteiger partial charge in [-0.2, -0.15) is 5.26 Å². The van der Waals surface area contributed by atoms with Crippen molar-refractivity contribution in [3.8, 4) is 17.6 Å². The van der Waals surface area contributed by atoms with Crippen LogP contribution in [0.5, 0.6) is 11.5 Å². The van der Waals surface area contributed by atoms with Crippen molar-refractivity contribution in [2.24, 2.45) is 0 Å². The van der Waals surface area contributed by atoms with E-state index in [1.807, 2.05) is 60.7 Å². The molecule has 3 aromatic carbocycles. The van der Waals surface area contributed by atoms with E-state index < -0.39 is 6.10 Å². The monoisotopic (exact) mass is 386 g/mol. The molecule has 0 fully saturated rings. The van der Waals surface area contributed by atoms with Crippen LogP contribution < -0.4 is 14.8 Å². The molecule has 0 aromatic heterocycles. The standard InChI is InChI=1S/C24H22N2O3/c1-17(29-21-14-13-18(16-25)15-22(21)28-2)24(27)26-23(19-9-5-3-6-10-19)20-11-7-4-8-12-20/h3-15,17,23H,1-2H3,(H,26,27)/t17-/m0/s1. The van der Waals surface area contributed by atoms with Crippen LogP contribution in [0.1, 0.15) is 29.7 Å². The first-order valence-electron chi connectivity index (χ1n) is 9.27. The van der Waals surface area contributed by atoms with E-state index in [4.69, 9.17) is 14.7 Å². The van der Waals surface area contributed by atoms with Crippen molar-refractivity contribution in [2.45, 2.75) is 19.1 Å². The van der Waals surface area contributed by atoms with E-state index in [9.17, 15) is 4.79 Å². The molecule has 3 aromatic rings. The van der Waals surface area contributed by atoms with Gasteiger partial charge in [0.2, 0.25) is 0 Å². The lowest BCUT2D eigenvalue weighted by atomic mass is 9.98. The van der Waals surface area contributed by atoms with Crippen LogP contribution >= 0.6 is 0 Å². The largest absolute Gasteiger partial charge is 0.493 e. The van der Waals surface area contributed by atoms with Gasteiger partial charge in [0.25, 0.3) is 5.91 Å². The van der Waals surface area contributed by atoms with Crippen LogP contribution in [0.15, 0.2) is 78.9 Å². The van der Waals surface area contributed by atoms with Crippen LogP contribution in [0.3, 0.4) is 0 Å². The highest BCUT2D eigenvalue weighted by Crippen LogP contribution is 2.29. The van der Waals surface area contributed by atoms with Gasteiger partial charge in [0.15, 0.2) is 17.6 Å². The average molecular weight is 386 g/mol. The second-order valence-electron chi connectivity index (χ2n) is 6.50. The third-order valence-electron chi connectivity index (χ3n) is 4.52. The van der Waals surface area contributed by atoms with E-state index in [1.54, 1.807) is 25.1 Å². The summed E-state index contributed by atoms with van der Waals surface area (Å²) in [6.45, 7) is 1.68. The lowest BCUT2D eigenvalue weighted by Gasteiger charge is -2.23. The van der Waals surface area contributed by atoms with Crippen molar-refractivity contribution in [2.75, 3.05) is 7.11 Å². The number of hydrogen-bond donors (Lipinski definition) is 1. The quantitative estimate of drug-likeness (QED) is 0.659. The fourth-order valence-corrected chi connectivity index (χ4v) is 2.99. The molecule has 5 nitrogen and oxygen atoms in total. The molecular weight excluding hydrogens is 364 g/mol. The van der Waals surface area contributed by atoms with Gasteiger partial charge in [-0.1, -0.05) is 60.7 Å². The smallest absolute Gasteiger partial charge is 0.261 e. The van der Waals surface area contributed by atoms with Gasteiger partial charge in [0.1, 0.15) is 0 Å². The van der Waals surface area contributed by atoms with Gasteiger partial charge in [-0.05, 0) is 30.2 Å². The number of methoxy groups -OCH3 is 1. The molecule has 0 radical (unpaired) electrons. The van der Waals surface area contributed by atoms with E-state index in [1.165, 1.54) is 7.11 Å². The summed E-state index contributed by atoms with van der Waals surface area (Å²) in [5, 5.41) is 12.1. The van der Waals surface area contributed by atoms with Crippen LogP contribution in [0.2, 0.25) is 0 Å². The predicted octanol–water partition coefficient (Wildman–Crippen LogP) is 4.24. The molecule has 0 aliphatic carbocycles. The van der Waals surface area contributed by atoms with E-state index >= 15 is 0 Å².